The molecule has 2 N–H and O–H groups in total. The maximum Gasteiger partial charge on any atom is 0.269 e. The molecule has 16 heavy (non-hydrogen) atoms. The molecule has 1 heterocycles. The number of amidine groups is 1. The SMILES string of the molecule is O=C1CN=C(c2ccc([N+](=O)[O-])cc2)NN1. The molecule has 0 unspecified atom stereocenters. The lowest BCUT2D eigenvalue weighted by Gasteiger charge is -2.15. The standard InChI is InChI=1S/C9H8N4O3/c14-8-5-10-9(12-11-8)6-1-3-7(4-2-6)13(15)16/h1-4H,5H2,(H,10,12)(H,11,14). The number of carbonyl (C=O) groups is 1. The van der Waals surface area contributed by atoms with Crippen LogP contribution in [0.1, 0.15) is 5.56 Å². The molecule has 0 atom stereocenters. The molecule has 0 saturated heterocycles. The van der Waals surface area contributed by atoms with Crippen molar-refractivity contribution in [2.75, 3.05) is 6.54 Å². The van der Waals surface area contributed by atoms with Gasteiger partial charge in [0, 0.05) is 17.7 Å². The van der Waals surface area contributed by atoms with Crippen LogP contribution in [0.2, 0.25) is 0 Å². The van der Waals surface area contributed by atoms with Gasteiger partial charge in [-0.3, -0.25) is 30.8 Å². The number of nitrogens with one attached hydrogen (secondary N) is 2. The summed E-state index contributed by atoms with van der Waals surface area (Å²) in [7, 11) is 0. The number of nitrogens with zero attached hydrogens (tertiary/aromatic N) is 2. The number of non-ortho nitro benzene ring substituents is 1. The number of nitro groups is 1. The second-order valence-corrected chi connectivity index (χ2v) is 3.14. The lowest BCUT2D eigenvalue weighted by atomic mass is 10.2. The molecule has 1 amide bonds. The minimum atomic E-state index is -0.471. The molecule has 82 valence electrons. The largest absolute Gasteiger partial charge is 0.282 e. The number of hydrogen-bond acceptors (Lipinski definition) is 5. The molecule has 0 bridgehead atoms. The highest BCUT2D eigenvalue weighted by molar-refractivity contribution is 6.02. The molecule has 1 aliphatic rings. The Morgan fingerprint density at radius 2 is 1.94 bits per heavy atom. The summed E-state index contributed by atoms with van der Waals surface area (Å²) in [5.74, 6) is 0.278. The molecule has 0 aliphatic carbocycles. The van der Waals surface area contributed by atoms with Crippen LogP contribution in [0.4, 0.5) is 5.69 Å². The second kappa shape index (κ2) is 3.97. The van der Waals surface area contributed by atoms with Gasteiger partial charge in [0.05, 0.1) is 4.92 Å². The Morgan fingerprint density at radius 1 is 1.25 bits per heavy atom. The van der Waals surface area contributed by atoms with Crippen LogP contribution in [0, 0.1) is 10.1 Å². The predicted octanol–water partition coefficient (Wildman–Crippen LogP) is -0.0242. The van der Waals surface area contributed by atoms with E-state index in [4.69, 9.17) is 0 Å². The van der Waals surface area contributed by atoms with Crippen molar-refractivity contribution in [3.05, 3.63) is 39.9 Å². The number of carbonyl (C=O) groups excluding carboxylic acids is 1. The predicted molar refractivity (Wildman–Crippen MR) is 55.8 cm³/mol. The van der Waals surface area contributed by atoms with Crippen LogP contribution in [-0.4, -0.2) is 23.2 Å². The Bertz CT molecular complexity index is 466. The Morgan fingerprint density at radius 3 is 2.44 bits per heavy atom. The van der Waals surface area contributed by atoms with E-state index in [-0.39, 0.29) is 18.1 Å². The molecule has 1 aliphatic heterocycles. The molecule has 7 nitrogen and oxygen atoms in total. The summed E-state index contributed by atoms with van der Waals surface area (Å²) >= 11 is 0. The van der Waals surface area contributed by atoms with Crippen molar-refractivity contribution in [3.8, 4) is 0 Å². The van der Waals surface area contributed by atoms with Crippen molar-refractivity contribution in [2.45, 2.75) is 0 Å². The number of nitro benzene ring substituents is 1. The van der Waals surface area contributed by atoms with Gasteiger partial charge in [-0.25, -0.2) is 0 Å². The molecule has 0 saturated carbocycles. The van der Waals surface area contributed by atoms with Crippen LogP contribution < -0.4 is 10.9 Å². The van der Waals surface area contributed by atoms with Crippen molar-refractivity contribution in [3.63, 3.8) is 0 Å². The van der Waals surface area contributed by atoms with E-state index in [1.165, 1.54) is 12.1 Å². The van der Waals surface area contributed by atoms with Gasteiger partial charge in [-0.15, -0.1) is 0 Å². The third-order valence-corrected chi connectivity index (χ3v) is 2.05. The number of rotatable bonds is 2. The number of benzene rings is 1. The van der Waals surface area contributed by atoms with E-state index in [1.54, 1.807) is 12.1 Å². The van der Waals surface area contributed by atoms with Gasteiger partial charge in [-0.1, -0.05) is 0 Å². The number of amides is 1. The molecule has 0 radical (unpaired) electrons. The van der Waals surface area contributed by atoms with Gasteiger partial charge in [-0.05, 0) is 12.1 Å². The second-order valence-electron chi connectivity index (χ2n) is 3.14. The molecule has 1 aromatic rings. The van der Waals surface area contributed by atoms with Gasteiger partial charge < -0.3 is 0 Å². The highest BCUT2D eigenvalue weighted by Crippen LogP contribution is 2.12. The van der Waals surface area contributed by atoms with Gasteiger partial charge in [-0.2, -0.15) is 0 Å². The molecule has 0 aromatic heterocycles. The first kappa shape index (κ1) is 10.1. The fourth-order valence-electron chi connectivity index (χ4n) is 1.26. The molecular weight excluding hydrogens is 212 g/mol. The summed E-state index contributed by atoms with van der Waals surface area (Å²) in [5, 5.41) is 10.4. The monoisotopic (exact) mass is 220 g/mol. The molecule has 0 fully saturated rings. The highest BCUT2D eigenvalue weighted by Gasteiger charge is 2.12. The first-order chi connectivity index (χ1) is 7.66. The van der Waals surface area contributed by atoms with E-state index in [2.05, 4.69) is 15.8 Å². The summed E-state index contributed by atoms with van der Waals surface area (Å²) in [4.78, 5) is 24.8. The van der Waals surface area contributed by atoms with E-state index >= 15 is 0 Å². The smallest absolute Gasteiger partial charge is 0.269 e. The lowest BCUT2D eigenvalue weighted by Crippen LogP contribution is -2.47. The summed E-state index contributed by atoms with van der Waals surface area (Å²) in [5.41, 5.74) is 5.73. The fraction of sp³-hybridized carbons (Fsp3) is 0.111. The third kappa shape index (κ3) is 1.97. The van der Waals surface area contributed by atoms with Crippen LogP contribution in [0.3, 0.4) is 0 Å². The van der Waals surface area contributed by atoms with E-state index in [1.807, 2.05) is 0 Å². The summed E-state index contributed by atoms with van der Waals surface area (Å²) in [6.45, 7) is 0.0549. The minimum Gasteiger partial charge on any atom is -0.282 e. The number of hydrazine groups is 1. The topological polar surface area (TPSA) is 96.6 Å². The van der Waals surface area contributed by atoms with Crippen molar-refractivity contribution < 1.29 is 9.72 Å². The highest BCUT2D eigenvalue weighted by atomic mass is 16.6. The quantitative estimate of drug-likeness (QED) is 0.540. The van der Waals surface area contributed by atoms with Crippen molar-refractivity contribution in [1.29, 1.82) is 0 Å². The average Bonchev–Trinajstić information content (AvgIpc) is 2.30. The van der Waals surface area contributed by atoms with Gasteiger partial charge in [0.1, 0.15) is 12.4 Å². The Balaban J connectivity index is 2.22. The van der Waals surface area contributed by atoms with Gasteiger partial charge in [0.15, 0.2) is 0 Å². The summed E-state index contributed by atoms with van der Waals surface area (Å²) in [6, 6.07) is 5.91. The van der Waals surface area contributed by atoms with Gasteiger partial charge in [0.25, 0.3) is 11.6 Å². The first-order valence-electron chi connectivity index (χ1n) is 4.51. The first-order valence-corrected chi connectivity index (χ1v) is 4.51. The Labute approximate surface area is 90.3 Å². The zero-order valence-corrected chi connectivity index (χ0v) is 8.14. The minimum absolute atomic E-state index is 0.0178. The summed E-state index contributed by atoms with van der Waals surface area (Å²) < 4.78 is 0. The molecular formula is C9H8N4O3. The molecule has 1 aromatic carbocycles. The third-order valence-electron chi connectivity index (χ3n) is 2.05. The molecule has 2 rings (SSSR count). The van der Waals surface area contributed by atoms with Crippen molar-refractivity contribution in [2.24, 2.45) is 4.99 Å². The lowest BCUT2D eigenvalue weighted by molar-refractivity contribution is -0.384. The van der Waals surface area contributed by atoms with Gasteiger partial charge >= 0.3 is 0 Å². The van der Waals surface area contributed by atoms with Crippen LogP contribution in [-0.2, 0) is 4.79 Å². The van der Waals surface area contributed by atoms with Crippen LogP contribution >= 0.6 is 0 Å². The van der Waals surface area contributed by atoms with Gasteiger partial charge in [0.2, 0.25) is 0 Å². The van der Waals surface area contributed by atoms with Crippen molar-refractivity contribution >= 4 is 17.4 Å². The Kier molecular flexibility index (Phi) is 2.50. The van der Waals surface area contributed by atoms with E-state index < -0.39 is 4.92 Å². The number of aliphatic imine (C=N–C) groups is 1. The van der Waals surface area contributed by atoms with Crippen LogP contribution in [0.15, 0.2) is 29.3 Å². The van der Waals surface area contributed by atoms with E-state index in [0.717, 1.165) is 0 Å². The zero-order valence-electron chi connectivity index (χ0n) is 8.14. The Hall–Kier alpha value is -2.44. The van der Waals surface area contributed by atoms with Crippen molar-refractivity contribution in [1.82, 2.24) is 10.9 Å². The van der Waals surface area contributed by atoms with E-state index in [9.17, 15) is 14.9 Å². The molecule has 0 spiro atoms. The molecule has 7 heteroatoms. The number of hydrogen-bond donors (Lipinski definition) is 2. The average molecular weight is 220 g/mol. The normalized spacial score (nSPS) is 14.8. The van der Waals surface area contributed by atoms with E-state index in [0.29, 0.717) is 11.4 Å². The maximum atomic E-state index is 10.8. The maximum absolute atomic E-state index is 10.8. The zero-order chi connectivity index (χ0) is 11.5. The fourth-order valence-corrected chi connectivity index (χ4v) is 1.26. The van der Waals surface area contributed by atoms with Crippen LogP contribution in [0.5, 0.6) is 0 Å². The van der Waals surface area contributed by atoms with Crippen LogP contribution in [0.25, 0.3) is 0 Å². The summed E-state index contributed by atoms with van der Waals surface area (Å²) in [6.07, 6.45) is 0.